The summed E-state index contributed by atoms with van der Waals surface area (Å²) in [6.45, 7) is 5.66. The molecule has 0 N–H and O–H groups in total. The second-order valence-corrected chi connectivity index (χ2v) is 13.6. The predicted octanol–water partition coefficient (Wildman–Crippen LogP) is 10.8. The van der Waals surface area contributed by atoms with E-state index in [0.717, 1.165) is 27.5 Å². The number of nitrogens with zero attached hydrogens (tertiary/aromatic N) is 4. The Morgan fingerprint density at radius 1 is 0.750 bits per heavy atom. The van der Waals surface area contributed by atoms with Gasteiger partial charge >= 0.3 is 0 Å². The zero-order chi connectivity index (χ0) is 41.9. The van der Waals surface area contributed by atoms with Crippen LogP contribution in [0, 0.1) is 36.7 Å². The Morgan fingerprint density at radius 2 is 1.38 bits per heavy atom. The maximum absolute atomic E-state index is 8.76. The first-order valence-corrected chi connectivity index (χ1v) is 15.5. The van der Waals surface area contributed by atoms with E-state index in [-0.39, 0.29) is 42.4 Å². The average molecular weight is 819 g/mol. The Bertz CT molecular complexity index is 2580. The molecule has 0 bridgehead atoms. The molecule has 4 aromatic heterocycles. The van der Waals surface area contributed by atoms with Crippen molar-refractivity contribution >= 4 is 27.5 Å². The molecule has 7 aromatic rings. The molecular formula is C43H44IrN4-2. The fraction of sp³-hybridized carbons (Fsp3) is 0.279. The van der Waals surface area contributed by atoms with Crippen molar-refractivity contribution in [2.45, 2.75) is 68.0 Å². The number of aromatic nitrogens is 4. The van der Waals surface area contributed by atoms with Gasteiger partial charge in [-0.1, -0.05) is 93.8 Å². The molecule has 0 aliphatic carbocycles. The number of imidazole rings is 1. The molecule has 0 spiro atoms. The molecule has 0 saturated carbocycles. The number of para-hydroxylation sites is 2. The van der Waals surface area contributed by atoms with E-state index < -0.39 is 37.3 Å². The van der Waals surface area contributed by atoms with Gasteiger partial charge in [-0.15, -0.1) is 59.7 Å². The van der Waals surface area contributed by atoms with Crippen molar-refractivity contribution in [2.24, 2.45) is 10.8 Å². The number of hydrogen-bond acceptors (Lipinski definition) is 3. The quantitative estimate of drug-likeness (QED) is 0.166. The van der Waals surface area contributed by atoms with Crippen molar-refractivity contribution in [1.29, 1.82) is 0 Å². The molecule has 4 nitrogen and oxygen atoms in total. The number of aryl methyl sites for hydroxylation is 2. The summed E-state index contributed by atoms with van der Waals surface area (Å²) in [5, 5.41) is 1.88. The molecule has 247 valence electrons. The van der Waals surface area contributed by atoms with Gasteiger partial charge in [0, 0.05) is 52.4 Å². The normalized spacial score (nSPS) is 16.0. The van der Waals surface area contributed by atoms with Gasteiger partial charge in [0.15, 0.2) is 0 Å². The van der Waals surface area contributed by atoms with E-state index in [1.54, 1.807) is 59.7 Å². The van der Waals surface area contributed by atoms with E-state index in [9.17, 15) is 0 Å². The van der Waals surface area contributed by atoms with E-state index in [1.165, 1.54) is 12.4 Å². The van der Waals surface area contributed by atoms with Crippen LogP contribution in [0.4, 0.5) is 0 Å². The number of hydrogen-bond donors (Lipinski definition) is 0. The third-order valence-corrected chi connectivity index (χ3v) is 7.31. The number of rotatable bonds is 4. The molecule has 4 heterocycles. The van der Waals surface area contributed by atoms with Crippen LogP contribution in [0.2, 0.25) is 0 Å². The van der Waals surface area contributed by atoms with Crippen LogP contribution < -0.4 is 0 Å². The van der Waals surface area contributed by atoms with E-state index in [1.807, 2.05) is 71.3 Å². The Morgan fingerprint density at radius 3 is 1.98 bits per heavy atom. The summed E-state index contributed by atoms with van der Waals surface area (Å²) in [7, 11) is 0. The van der Waals surface area contributed by atoms with Gasteiger partial charge < -0.3 is 14.4 Å². The van der Waals surface area contributed by atoms with Gasteiger partial charge in [0.25, 0.3) is 0 Å². The predicted molar refractivity (Wildman–Crippen MR) is 197 cm³/mol. The minimum Gasteiger partial charge on any atom is -0.304 e. The molecular weight excluding hydrogens is 765 g/mol. The molecule has 48 heavy (non-hydrogen) atoms. The number of fused-ring (bicyclic) bond motifs is 5. The molecule has 0 aliphatic rings. The second-order valence-electron chi connectivity index (χ2n) is 13.6. The Balaban J connectivity index is 0.000000234. The molecule has 0 aliphatic heterocycles. The Kier molecular flexibility index (Phi) is 7.07. The van der Waals surface area contributed by atoms with Crippen LogP contribution in [0.1, 0.15) is 77.5 Å². The van der Waals surface area contributed by atoms with Crippen molar-refractivity contribution in [2.75, 3.05) is 0 Å². The van der Waals surface area contributed by atoms with Crippen LogP contribution in [0.25, 0.3) is 50.0 Å². The minimum atomic E-state index is -2.48. The summed E-state index contributed by atoms with van der Waals surface area (Å²) in [6, 6.07) is 30.3. The van der Waals surface area contributed by atoms with Gasteiger partial charge in [-0.25, -0.2) is 4.98 Å². The van der Waals surface area contributed by atoms with Crippen LogP contribution in [-0.2, 0) is 32.9 Å². The van der Waals surface area contributed by atoms with Crippen molar-refractivity contribution in [3.8, 4) is 22.5 Å². The number of benzene rings is 3. The first kappa shape index (κ1) is 24.0. The van der Waals surface area contributed by atoms with Crippen molar-refractivity contribution in [3.63, 3.8) is 0 Å². The third-order valence-electron chi connectivity index (χ3n) is 7.31. The van der Waals surface area contributed by atoms with Gasteiger partial charge in [0.2, 0.25) is 0 Å². The van der Waals surface area contributed by atoms with Crippen LogP contribution in [0.3, 0.4) is 0 Å². The first-order valence-electron chi connectivity index (χ1n) is 20.5. The zero-order valence-electron chi connectivity index (χ0n) is 37.9. The summed E-state index contributed by atoms with van der Waals surface area (Å²) in [5.74, 6) is 0. The average Bonchev–Trinajstić information content (AvgIpc) is 3.52. The molecule has 1 radical (unpaired) electrons. The van der Waals surface area contributed by atoms with Gasteiger partial charge in [-0.05, 0) is 71.9 Å². The molecule has 5 heteroatoms. The summed E-state index contributed by atoms with van der Waals surface area (Å²) in [4.78, 5) is 13.4. The van der Waals surface area contributed by atoms with Gasteiger partial charge in [-0.3, -0.25) is 0 Å². The second kappa shape index (κ2) is 14.1. The van der Waals surface area contributed by atoms with Crippen molar-refractivity contribution in [3.05, 3.63) is 132 Å². The van der Waals surface area contributed by atoms with Crippen molar-refractivity contribution in [1.82, 2.24) is 19.4 Å². The minimum absolute atomic E-state index is 0. The SMILES string of the molecule is [2H]C([2H])([2H])c1cnc(-c2[c-]cc3ccn4c5ccccc5nc4c3c2)cc1C([2H])([2H])C(C)(C)C.[2H]C([2H])([2H])c1cnc(-c2[c-]cccc2)cc1C([2H])([2H])C(C)(C)C.[Ir]. The van der Waals surface area contributed by atoms with E-state index in [2.05, 4.69) is 22.1 Å². The largest absolute Gasteiger partial charge is 0.304 e. The standard InChI is InChI=1S/C26H24N3.C17H20N.Ir/c1-17-16-27-23(14-20(17)15-26(2,3)4)19-10-9-18-11-12-29-24-8-6-5-7-22(24)28-25(29)21(18)13-19;1-13-12-18-16(14-8-6-5-7-9-14)10-15(13)11-17(2,3)4;/h5-9,11-14,16H,15H2,1-4H3;5-8,10,12H,11H2,1-4H3;/q2*-1;/i1D3,15D2;1D3,11D2;. The summed E-state index contributed by atoms with van der Waals surface area (Å²) >= 11 is 0. The van der Waals surface area contributed by atoms with Crippen LogP contribution in [0.5, 0.6) is 0 Å². The first-order chi connectivity index (χ1) is 26.3. The van der Waals surface area contributed by atoms with Gasteiger partial charge in [-0.2, -0.15) is 0 Å². The summed E-state index contributed by atoms with van der Waals surface area (Å²) in [5.41, 5.74) is 3.64. The molecule has 0 saturated heterocycles. The Hall–Kier alpha value is -4.18. The van der Waals surface area contributed by atoms with Crippen molar-refractivity contribution < 1.29 is 33.8 Å². The Labute approximate surface area is 313 Å². The molecule has 3 aromatic carbocycles. The third kappa shape index (κ3) is 8.09. The van der Waals surface area contributed by atoms with Crippen LogP contribution in [0.15, 0.2) is 97.5 Å². The smallest absolute Gasteiger partial charge is 0.127 e. The van der Waals surface area contributed by atoms with E-state index in [0.29, 0.717) is 22.5 Å². The monoisotopic (exact) mass is 819 g/mol. The maximum atomic E-state index is 8.76. The summed E-state index contributed by atoms with van der Waals surface area (Å²) in [6.07, 6.45) is 0.828. The zero-order valence-corrected chi connectivity index (χ0v) is 30.3. The number of pyridine rings is 3. The molecule has 0 atom stereocenters. The molecule has 0 fully saturated rings. The topological polar surface area (TPSA) is 43.1 Å². The fourth-order valence-electron chi connectivity index (χ4n) is 5.30. The van der Waals surface area contributed by atoms with Crippen LogP contribution >= 0.6 is 0 Å². The molecule has 0 amide bonds. The molecule has 7 rings (SSSR count). The fourth-order valence-corrected chi connectivity index (χ4v) is 5.30. The van der Waals surface area contributed by atoms with Gasteiger partial charge in [0.05, 0.1) is 11.0 Å². The van der Waals surface area contributed by atoms with E-state index >= 15 is 0 Å². The van der Waals surface area contributed by atoms with E-state index in [4.69, 9.17) is 18.7 Å². The van der Waals surface area contributed by atoms with Crippen LogP contribution in [-0.4, -0.2) is 19.4 Å². The summed E-state index contributed by atoms with van der Waals surface area (Å²) < 4.78 is 83.4. The molecule has 0 unspecified atom stereocenters. The van der Waals surface area contributed by atoms with Gasteiger partial charge in [0.1, 0.15) is 5.65 Å². The maximum Gasteiger partial charge on any atom is 0.127 e.